The molecule has 61 heavy (non-hydrogen) atoms. The SMILES string of the molecule is COc1cc(CNCCNC(=O)c2cccc(NC(=O)CCN3CCC(OC(=O)Nc4cccc(-c5ccccc5)c4-c4ccccc4-c4ccccc4)CC3)c2)ccc1O. The number of rotatable bonds is 16. The van der Waals surface area contributed by atoms with Crippen LogP contribution < -0.4 is 26.0 Å². The second-order valence-electron chi connectivity index (χ2n) is 14.9. The van der Waals surface area contributed by atoms with Crippen LogP contribution in [0.15, 0.2) is 146 Å². The van der Waals surface area contributed by atoms with Gasteiger partial charge in [0.15, 0.2) is 11.5 Å². The van der Waals surface area contributed by atoms with Crippen LogP contribution in [0.5, 0.6) is 11.5 Å². The summed E-state index contributed by atoms with van der Waals surface area (Å²) in [6, 6.07) is 46.6. The van der Waals surface area contributed by atoms with Crippen molar-refractivity contribution >= 4 is 29.3 Å². The lowest BCUT2D eigenvalue weighted by Gasteiger charge is -2.31. The highest BCUT2D eigenvalue weighted by atomic mass is 16.6. The molecule has 0 radical (unpaired) electrons. The number of methoxy groups -OCH3 is 1. The van der Waals surface area contributed by atoms with E-state index < -0.39 is 6.09 Å². The summed E-state index contributed by atoms with van der Waals surface area (Å²) in [5, 5.41) is 21.9. The number of phenols is 1. The molecule has 1 saturated heterocycles. The van der Waals surface area contributed by atoms with Gasteiger partial charge in [0.1, 0.15) is 6.10 Å². The third kappa shape index (κ3) is 11.4. The summed E-state index contributed by atoms with van der Waals surface area (Å²) in [4.78, 5) is 41.5. The molecule has 1 fully saturated rings. The summed E-state index contributed by atoms with van der Waals surface area (Å²) >= 11 is 0. The number of likely N-dealkylation sites (tertiary alicyclic amines) is 1. The Morgan fingerprint density at radius 2 is 1.38 bits per heavy atom. The first-order valence-electron chi connectivity index (χ1n) is 20.6. The molecule has 7 rings (SSSR count). The molecule has 0 bridgehead atoms. The van der Waals surface area contributed by atoms with E-state index in [2.05, 4.69) is 68.6 Å². The van der Waals surface area contributed by atoms with Gasteiger partial charge in [0.2, 0.25) is 5.91 Å². The number of carbonyl (C=O) groups excluding carboxylic acids is 3. The van der Waals surface area contributed by atoms with Crippen LogP contribution in [-0.4, -0.2) is 73.9 Å². The molecule has 0 atom stereocenters. The quantitative estimate of drug-likeness (QED) is 0.0610. The van der Waals surface area contributed by atoms with Crippen molar-refractivity contribution in [1.82, 2.24) is 15.5 Å². The van der Waals surface area contributed by atoms with Gasteiger partial charge in [-0.15, -0.1) is 0 Å². The van der Waals surface area contributed by atoms with Crippen molar-refractivity contribution in [3.8, 4) is 44.9 Å². The Hall–Kier alpha value is -6.95. The van der Waals surface area contributed by atoms with Crippen LogP contribution in [0.2, 0.25) is 0 Å². The van der Waals surface area contributed by atoms with Crippen molar-refractivity contribution in [2.75, 3.05) is 50.5 Å². The Morgan fingerprint density at radius 3 is 2.11 bits per heavy atom. The van der Waals surface area contributed by atoms with E-state index in [9.17, 15) is 19.5 Å². The van der Waals surface area contributed by atoms with Gasteiger partial charge in [-0.2, -0.15) is 0 Å². The number of aromatic hydroxyl groups is 1. The molecule has 1 aliphatic heterocycles. The number of ether oxygens (including phenoxy) is 2. The smallest absolute Gasteiger partial charge is 0.411 e. The second kappa shape index (κ2) is 20.8. The summed E-state index contributed by atoms with van der Waals surface area (Å²) in [7, 11) is 1.50. The molecule has 11 nitrogen and oxygen atoms in total. The highest BCUT2D eigenvalue weighted by Crippen LogP contribution is 2.42. The lowest BCUT2D eigenvalue weighted by atomic mass is 9.88. The monoisotopic (exact) mass is 817 g/mol. The molecule has 6 aromatic carbocycles. The summed E-state index contributed by atoms with van der Waals surface area (Å²) in [6.45, 7) is 3.44. The van der Waals surface area contributed by atoms with Gasteiger partial charge in [-0.05, 0) is 82.6 Å². The van der Waals surface area contributed by atoms with Crippen LogP contribution in [0.25, 0.3) is 33.4 Å². The Labute approximate surface area is 356 Å². The maximum Gasteiger partial charge on any atom is 0.411 e. The predicted molar refractivity (Wildman–Crippen MR) is 241 cm³/mol. The molecular weight excluding hydrogens is 767 g/mol. The zero-order chi connectivity index (χ0) is 42.4. The lowest BCUT2D eigenvalue weighted by molar-refractivity contribution is -0.116. The van der Waals surface area contributed by atoms with Gasteiger partial charge in [0, 0.05) is 62.5 Å². The number of anilines is 2. The van der Waals surface area contributed by atoms with Crippen LogP contribution in [-0.2, 0) is 16.1 Å². The van der Waals surface area contributed by atoms with Gasteiger partial charge in [0.25, 0.3) is 5.91 Å². The van der Waals surface area contributed by atoms with Gasteiger partial charge in [-0.3, -0.25) is 14.9 Å². The fourth-order valence-electron chi connectivity index (χ4n) is 7.57. The van der Waals surface area contributed by atoms with E-state index in [0.717, 1.165) is 38.9 Å². The molecule has 1 heterocycles. The van der Waals surface area contributed by atoms with Crippen LogP contribution in [0.1, 0.15) is 35.2 Å². The molecule has 312 valence electrons. The Balaban J connectivity index is 0.872. The average Bonchev–Trinajstić information content (AvgIpc) is 3.29. The topological polar surface area (TPSA) is 141 Å². The molecule has 0 saturated carbocycles. The number of piperidine rings is 1. The van der Waals surface area contributed by atoms with Crippen LogP contribution in [0, 0.1) is 0 Å². The molecule has 0 aliphatic carbocycles. The van der Waals surface area contributed by atoms with Crippen LogP contribution in [0.3, 0.4) is 0 Å². The van der Waals surface area contributed by atoms with E-state index in [1.54, 1.807) is 42.5 Å². The van der Waals surface area contributed by atoms with Crippen molar-refractivity contribution < 1.29 is 29.0 Å². The van der Waals surface area contributed by atoms with Crippen molar-refractivity contribution in [1.29, 1.82) is 0 Å². The van der Waals surface area contributed by atoms with Gasteiger partial charge in [-0.1, -0.05) is 109 Å². The van der Waals surface area contributed by atoms with Crippen molar-refractivity contribution in [3.63, 3.8) is 0 Å². The number of amides is 3. The number of carbonyl (C=O) groups is 3. The zero-order valence-corrected chi connectivity index (χ0v) is 34.2. The molecule has 0 spiro atoms. The maximum atomic E-state index is 13.5. The van der Waals surface area contributed by atoms with Crippen molar-refractivity contribution in [3.05, 3.63) is 157 Å². The average molecular weight is 818 g/mol. The first kappa shape index (κ1) is 42.2. The number of hydrogen-bond acceptors (Lipinski definition) is 8. The summed E-state index contributed by atoms with van der Waals surface area (Å²) in [5.41, 5.74) is 8.73. The number of benzene rings is 6. The fraction of sp³-hybridized carbons (Fsp3) is 0.220. The number of nitrogens with one attached hydrogen (secondary N) is 4. The third-order valence-electron chi connectivity index (χ3n) is 10.7. The van der Waals surface area contributed by atoms with Gasteiger partial charge in [0.05, 0.1) is 12.8 Å². The summed E-state index contributed by atoms with van der Waals surface area (Å²) < 4.78 is 11.1. The number of hydrogen-bond donors (Lipinski definition) is 5. The van der Waals surface area contributed by atoms with E-state index in [-0.39, 0.29) is 30.1 Å². The normalized spacial score (nSPS) is 12.9. The fourth-order valence-corrected chi connectivity index (χ4v) is 7.57. The van der Waals surface area contributed by atoms with E-state index in [0.29, 0.717) is 74.8 Å². The molecule has 5 N–H and O–H groups in total. The Morgan fingerprint density at radius 1 is 0.705 bits per heavy atom. The standard InChI is InChI=1S/C50H51N5O6/c1-60-46-32-35(22-23-45(46)56)34-51-27-28-52-49(58)38-16-10-17-39(33-38)53-47(57)26-31-55-29-24-40(25-30-55)61-50(59)54-44-21-11-20-42(37-14-6-3-7-15-37)48(44)43-19-9-8-18-41(43)36-12-4-2-5-13-36/h2-23,32-33,40,51,56H,24-31,34H2,1H3,(H,52,58)(H,53,57)(H,54,59). The largest absolute Gasteiger partial charge is 0.504 e. The minimum atomic E-state index is -0.499. The van der Waals surface area contributed by atoms with Crippen molar-refractivity contribution in [2.45, 2.75) is 31.9 Å². The Bertz CT molecular complexity index is 2420. The van der Waals surface area contributed by atoms with Gasteiger partial charge < -0.3 is 35.4 Å². The lowest BCUT2D eigenvalue weighted by Crippen LogP contribution is -2.39. The minimum Gasteiger partial charge on any atom is -0.504 e. The van der Waals surface area contributed by atoms with Crippen LogP contribution in [0.4, 0.5) is 16.2 Å². The molecule has 1 aliphatic rings. The zero-order valence-electron chi connectivity index (χ0n) is 34.2. The van der Waals surface area contributed by atoms with Gasteiger partial charge in [-0.25, -0.2) is 4.79 Å². The third-order valence-corrected chi connectivity index (χ3v) is 10.7. The molecule has 0 unspecified atom stereocenters. The molecule has 3 amide bonds. The second-order valence-corrected chi connectivity index (χ2v) is 14.9. The first-order chi connectivity index (χ1) is 29.8. The minimum absolute atomic E-state index is 0.0848. The summed E-state index contributed by atoms with van der Waals surface area (Å²) in [6.07, 6.45) is 0.838. The highest BCUT2D eigenvalue weighted by Gasteiger charge is 2.24. The first-order valence-corrected chi connectivity index (χ1v) is 20.6. The van der Waals surface area contributed by atoms with Crippen molar-refractivity contribution in [2.24, 2.45) is 0 Å². The van der Waals surface area contributed by atoms with E-state index in [1.165, 1.54) is 7.11 Å². The number of nitrogens with zero attached hydrogens (tertiary/aromatic N) is 1. The van der Waals surface area contributed by atoms with Gasteiger partial charge >= 0.3 is 6.09 Å². The van der Waals surface area contributed by atoms with E-state index in [4.69, 9.17) is 9.47 Å². The van der Waals surface area contributed by atoms with E-state index in [1.807, 2.05) is 60.7 Å². The predicted octanol–water partition coefficient (Wildman–Crippen LogP) is 8.96. The molecule has 11 heteroatoms. The molecule has 0 aromatic heterocycles. The summed E-state index contributed by atoms with van der Waals surface area (Å²) in [5.74, 6) is 0.110. The molecule has 6 aromatic rings. The number of phenolic OH excluding ortho intramolecular Hbond substituents is 1. The van der Waals surface area contributed by atoms with E-state index >= 15 is 0 Å². The molecular formula is C50H51N5O6. The maximum absolute atomic E-state index is 13.5. The highest BCUT2D eigenvalue weighted by molar-refractivity contribution is 6.02. The Kier molecular flexibility index (Phi) is 14.4. The van der Waals surface area contributed by atoms with Crippen LogP contribution >= 0.6 is 0 Å².